The van der Waals surface area contributed by atoms with Crippen molar-refractivity contribution < 1.29 is 27.5 Å². The molecule has 0 saturated carbocycles. The van der Waals surface area contributed by atoms with Gasteiger partial charge in [-0.3, -0.25) is 4.79 Å². The largest absolute Gasteiger partial charge is 0.480 e. The van der Waals surface area contributed by atoms with Gasteiger partial charge in [0, 0.05) is 14.1 Å². The average molecular weight is 332 g/mol. The molecule has 8 nitrogen and oxygen atoms in total. The maximum absolute atomic E-state index is 12.1. The molecule has 124 valence electrons. The Hall–Kier alpha value is -1.87. The predicted octanol–water partition coefficient (Wildman–Crippen LogP) is 0.903. The van der Waals surface area contributed by atoms with E-state index in [9.17, 15) is 23.1 Å². The van der Waals surface area contributed by atoms with Crippen molar-refractivity contribution in [2.45, 2.75) is 37.3 Å². The number of hydrogen-bond donors (Lipinski definition) is 2. The molecular weight excluding hydrogens is 312 g/mol. The lowest BCUT2D eigenvalue weighted by Gasteiger charge is -2.25. The molecule has 1 aromatic heterocycles. The van der Waals surface area contributed by atoms with Gasteiger partial charge < -0.3 is 14.8 Å². The first kappa shape index (κ1) is 18.2. The molecule has 1 unspecified atom stereocenters. The molecule has 9 heteroatoms. The van der Waals surface area contributed by atoms with Gasteiger partial charge in [-0.15, -0.1) is 0 Å². The summed E-state index contributed by atoms with van der Waals surface area (Å²) >= 11 is 0. The summed E-state index contributed by atoms with van der Waals surface area (Å²) in [5, 5.41) is 11.2. The molecule has 1 rings (SSSR count). The summed E-state index contributed by atoms with van der Waals surface area (Å²) in [6, 6.07) is 2.35. The molecule has 0 fully saturated rings. The highest BCUT2D eigenvalue weighted by Gasteiger charge is 2.35. The summed E-state index contributed by atoms with van der Waals surface area (Å²) in [5.74, 6) is -2.21. The first-order chi connectivity index (χ1) is 10.0. The van der Waals surface area contributed by atoms with Crippen LogP contribution in [-0.4, -0.2) is 49.3 Å². The number of hydrogen-bond acceptors (Lipinski definition) is 5. The molecule has 1 atom stereocenters. The Kier molecular flexibility index (Phi) is 5.36. The van der Waals surface area contributed by atoms with Crippen LogP contribution in [0, 0.1) is 0 Å². The van der Waals surface area contributed by atoms with E-state index >= 15 is 0 Å². The van der Waals surface area contributed by atoms with E-state index in [4.69, 9.17) is 4.42 Å². The molecule has 0 radical (unpaired) electrons. The molecule has 1 heterocycles. The number of carbonyl (C=O) groups is 2. The van der Waals surface area contributed by atoms with Gasteiger partial charge in [-0.2, -0.15) is 0 Å². The number of carboxylic acid groups (broad SMARTS) is 1. The number of aliphatic carboxylic acids is 1. The third-order valence-corrected chi connectivity index (χ3v) is 4.84. The number of carboxylic acids is 1. The van der Waals surface area contributed by atoms with E-state index in [0.29, 0.717) is 6.42 Å². The maximum atomic E-state index is 12.1. The van der Waals surface area contributed by atoms with Crippen LogP contribution in [0.3, 0.4) is 0 Å². The van der Waals surface area contributed by atoms with Crippen molar-refractivity contribution in [1.29, 1.82) is 0 Å². The highest BCUT2D eigenvalue weighted by atomic mass is 32.2. The fraction of sp³-hybridized carbons (Fsp3) is 0.538. The van der Waals surface area contributed by atoms with Gasteiger partial charge in [0.15, 0.2) is 5.76 Å². The van der Waals surface area contributed by atoms with Crippen LogP contribution < -0.4 is 5.32 Å². The van der Waals surface area contributed by atoms with Crippen molar-refractivity contribution in [3.05, 3.63) is 17.9 Å². The smallest absolute Gasteiger partial charge is 0.329 e. The fourth-order valence-corrected chi connectivity index (χ4v) is 2.59. The van der Waals surface area contributed by atoms with Gasteiger partial charge in [0.1, 0.15) is 5.54 Å². The number of amides is 1. The number of nitrogens with one attached hydrogen (secondary N) is 1. The molecule has 2 N–H and O–H groups in total. The monoisotopic (exact) mass is 332 g/mol. The summed E-state index contributed by atoms with van der Waals surface area (Å²) < 4.78 is 29.7. The first-order valence-electron chi connectivity index (χ1n) is 6.63. The summed E-state index contributed by atoms with van der Waals surface area (Å²) in [6.45, 7) is 3.18. The second kappa shape index (κ2) is 6.49. The van der Waals surface area contributed by atoms with Gasteiger partial charge in [0.25, 0.3) is 15.9 Å². The Labute approximate surface area is 129 Å². The molecule has 1 aromatic rings. The zero-order chi connectivity index (χ0) is 17.1. The van der Waals surface area contributed by atoms with Gasteiger partial charge in [0.05, 0.1) is 0 Å². The maximum Gasteiger partial charge on any atom is 0.329 e. The first-order valence-corrected chi connectivity index (χ1v) is 8.07. The predicted molar refractivity (Wildman–Crippen MR) is 78.0 cm³/mol. The standard InChI is InChI=1S/C13H20N2O6S/c1-5-8-13(2,12(17)18)14-11(16)9-6-7-10(21-9)22(19,20)15(3)4/h6-7H,5,8H2,1-4H3,(H,14,16)(H,17,18). The Morgan fingerprint density at radius 2 is 1.95 bits per heavy atom. The summed E-state index contributed by atoms with van der Waals surface area (Å²) in [6.07, 6.45) is 0.791. The lowest BCUT2D eigenvalue weighted by molar-refractivity contribution is -0.144. The highest BCUT2D eigenvalue weighted by Crippen LogP contribution is 2.19. The Bertz CT molecular complexity index is 664. The van der Waals surface area contributed by atoms with Crippen molar-refractivity contribution in [2.24, 2.45) is 0 Å². The third kappa shape index (κ3) is 3.66. The van der Waals surface area contributed by atoms with Gasteiger partial charge in [-0.25, -0.2) is 17.5 Å². The summed E-state index contributed by atoms with van der Waals surface area (Å²) in [5.41, 5.74) is -1.45. The van der Waals surface area contributed by atoms with Crippen molar-refractivity contribution in [3.63, 3.8) is 0 Å². The normalized spacial score (nSPS) is 14.6. The van der Waals surface area contributed by atoms with Crippen LogP contribution in [0.25, 0.3) is 0 Å². The van der Waals surface area contributed by atoms with E-state index in [1.807, 2.05) is 0 Å². The van der Waals surface area contributed by atoms with E-state index in [1.165, 1.54) is 27.1 Å². The number of nitrogens with zero attached hydrogens (tertiary/aromatic N) is 1. The van der Waals surface area contributed by atoms with E-state index in [2.05, 4.69) is 5.32 Å². The fourth-order valence-electron chi connectivity index (χ4n) is 1.80. The number of furan rings is 1. The van der Waals surface area contributed by atoms with Crippen molar-refractivity contribution in [3.8, 4) is 0 Å². The molecule has 0 saturated heterocycles. The lowest BCUT2D eigenvalue weighted by Crippen LogP contribution is -2.52. The summed E-state index contributed by atoms with van der Waals surface area (Å²) in [7, 11) is -1.12. The zero-order valence-electron chi connectivity index (χ0n) is 12.9. The average Bonchev–Trinajstić information content (AvgIpc) is 2.88. The molecule has 22 heavy (non-hydrogen) atoms. The number of carbonyl (C=O) groups excluding carboxylic acids is 1. The molecule has 1 amide bonds. The molecule has 0 aliphatic heterocycles. The Morgan fingerprint density at radius 1 is 1.36 bits per heavy atom. The van der Waals surface area contributed by atoms with Crippen LogP contribution in [0.2, 0.25) is 0 Å². The quantitative estimate of drug-likeness (QED) is 0.766. The van der Waals surface area contributed by atoms with Gasteiger partial charge in [-0.1, -0.05) is 13.3 Å². The lowest BCUT2D eigenvalue weighted by atomic mass is 9.96. The van der Waals surface area contributed by atoms with Crippen LogP contribution in [-0.2, 0) is 14.8 Å². The van der Waals surface area contributed by atoms with Crippen LogP contribution in [0.4, 0.5) is 0 Å². The van der Waals surface area contributed by atoms with Gasteiger partial charge in [-0.05, 0) is 25.5 Å². The molecule has 0 aliphatic carbocycles. The Morgan fingerprint density at radius 3 is 2.41 bits per heavy atom. The minimum absolute atomic E-state index is 0.234. The van der Waals surface area contributed by atoms with Crippen molar-refractivity contribution in [1.82, 2.24) is 9.62 Å². The summed E-state index contributed by atoms with van der Waals surface area (Å²) in [4.78, 5) is 23.4. The third-order valence-electron chi connectivity index (χ3n) is 3.15. The van der Waals surface area contributed by atoms with Gasteiger partial charge in [0.2, 0.25) is 5.09 Å². The van der Waals surface area contributed by atoms with E-state index in [-0.39, 0.29) is 17.3 Å². The second-order valence-electron chi connectivity index (χ2n) is 5.25. The highest BCUT2D eigenvalue weighted by molar-refractivity contribution is 7.88. The molecule has 0 aliphatic rings. The van der Waals surface area contributed by atoms with Crippen LogP contribution in [0.15, 0.2) is 21.6 Å². The van der Waals surface area contributed by atoms with Crippen LogP contribution in [0.1, 0.15) is 37.2 Å². The topological polar surface area (TPSA) is 117 Å². The van der Waals surface area contributed by atoms with Crippen LogP contribution >= 0.6 is 0 Å². The molecule has 0 aromatic carbocycles. The minimum Gasteiger partial charge on any atom is -0.480 e. The van der Waals surface area contributed by atoms with Crippen molar-refractivity contribution in [2.75, 3.05) is 14.1 Å². The van der Waals surface area contributed by atoms with Gasteiger partial charge >= 0.3 is 5.97 Å². The van der Waals surface area contributed by atoms with E-state index in [1.54, 1.807) is 6.92 Å². The Balaban J connectivity index is 3.01. The second-order valence-corrected chi connectivity index (χ2v) is 7.33. The minimum atomic E-state index is -3.79. The van der Waals surface area contributed by atoms with Crippen LogP contribution in [0.5, 0.6) is 0 Å². The van der Waals surface area contributed by atoms with Crippen molar-refractivity contribution >= 4 is 21.9 Å². The zero-order valence-corrected chi connectivity index (χ0v) is 13.7. The van der Waals surface area contributed by atoms with E-state index in [0.717, 1.165) is 10.4 Å². The number of sulfonamides is 1. The number of rotatable bonds is 7. The molecular formula is C13H20N2O6S. The SMILES string of the molecule is CCCC(C)(NC(=O)c1ccc(S(=O)(=O)N(C)C)o1)C(=O)O. The molecule has 0 bridgehead atoms. The molecule has 0 spiro atoms. The van der Waals surface area contributed by atoms with E-state index < -0.39 is 27.4 Å².